The molecule has 0 saturated carbocycles. The van der Waals surface area contributed by atoms with Crippen LogP contribution in [0.1, 0.15) is 16.7 Å². The highest BCUT2D eigenvalue weighted by molar-refractivity contribution is 14.0. The molecule has 3 N–H and O–H groups in total. The fourth-order valence-electron chi connectivity index (χ4n) is 3.25. The zero-order valence-electron chi connectivity index (χ0n) is 17.7. The first-order valence-electron chi connectivity index (χ1n) is 9.63. The van der Waals surface area contributed by atoms with Gasteiger partial charge in [-0.25, -0.2) is 0 Å². The average Bonchev–Trinajstić information content (AvgIpc) is 3.12. The second-order valence-corrected chi connectivity index (χ2v) is 6.83. The predicted octanol–water partition coefficient (Wildman–Crippen LogP) is 4.61. The SMILES string of the molecule is CN=C(NCCc1c[nH]c2cc(C)ccc12)NCc1ccc(OC)c(OC(F)F)c1.I. The summed E-state index contributed by atoms with van der Waals surface area (Å²) in [4.78, 5) is 7.52. The smallest absolute Gasteiger partial charge is 0.387 e. The first-order valence-corrected chi connectivity index (χ1v) is 9.63. The van der Waals surface area contributed by atoms with E-state index in [1.165, 1.54) is 29.7 Å². The Kier molecular flexibility index (Phi) is 9.35. The Hall–Kier alpha value is -2.56. The molecule has 1 aromatic heterocycles. The third kappa shape index (κ3) is 6.71. The number of hydrogen-bond donors (Lipinski definition) is 3. The molecular weight excluding hydrogens is 517 g/mol. The van der Waals surface area contributed by atoms with Crippen molar-refractivity contribution in [1.29, 1.82) is 0 Å². The third-order valence-electron chi connectivity index (χ3n) is 4.74. The van der Waals surface area contributed by atoms with E-state index in [1.54, 1.807) is 19.2 Å². The number of hydrogen-bond acceptors (Lipinski definition) is 3. The van der Waals surface area contributed by atoms with E-state index in [9.17, 15) is 8.78 Å². The normalized spacial score (nSPS) is 11.4. The number of ether oxygens (including phenoxy) is 2. The minimum Gasteiger partial charge on any atom is -0.493 e. The van der Waals surface area contributed by atoms with Crippen LogP contribution >= 0.6 is 24.0 Å². The number of H-pyrrole nitrogens is 1. The molecule has 0 atom stereocenters. The molecule has 0 aliphatic carbocycles. The molecule has 0 unspecified atom stereocenters. The van der Waals surface area contributed by atoms with Crippen molar-refractivity contribution in [2.24, 2.45) is 4.99 Å². The van der Waals surface area contributed by atoms with Gasteiger partial charge in [-0.3, -0.25) is 4.99 Å². The van der Waals surface area contributed by atoms with Crippen LogP contribution in [0, 0.1) is 6.92 Å². The highest BCUT2D eigenvalue weighted by Gasteiger charge is 2.11. The molecule has 2 aromatic carbocycles. The van der Waals surface area contributed by atoms with Gasteiger partial charge in [-0.05, 0) is 48.2 Å². The number of halogens is 3. The van der Waals surface area contributed by atoms with Gasteiger partial charge in [0.25, 0.3) is 0 Å². The Morgan fingerprint density at radius 1 is 1.13 bits per heavy atom. The van der Waals surface area contributed by atoms with Gasteiger partial charge in [-0.1, -0.05) is 18.2 Å². The topological polar surface area (TPSA) is 70.7 Å². The number of rotatable bonds is 8. The third-order valence-corrected chi connectivity index (χ3v) is 4.74. The van der Waals surface area contributed by atoms with Gasteiger partial charge in [0, 0.05) is 37.2 Å². The van der Waals surface area contributed by atoms with Crippen molar-refractivity contribution >= 4 is 40.8 Å². The molecule has 168 valence electrons. The van der Waals surface area contributed by atoms with Gasteiger partial charge in [0.15, 0.2) is 17.5 Å². The number of alkyl halides is 2. The summed E-state index contributed by atoms with van der Waals surface area (Å²) in [5.74, 6) is 0.887. The van der Waals surface area contributed by atoms with E-state index in [1.807, 2.05) is 6.20 Å². The molecule has 0 aliphatic rings. The molecular formula is C22H27F2IN4O2. The van der Waals surface area contributed by atoms with E-state index < -0.39 is 6.61 Å². The Labute approximate surface area is 197 Å². The number of aryl methyl sites for hydroxylation is 1. The van der Waals surface area contributed by atoms with Crippen LogP contribution < -0.4 is 20.1 Å². The lowest BCUT2D eigenvalue weighted by Crippen LogP contribution is -2.37. The largest absolute Gasteiger partial charge is 0.493 e. The number of fused-ring (bicyclic) bond motifs is 1. The van der Waals surface area contributed by atoms with Crippen molar-refractivity contribution in [2.75, 3.05) is 20.7 Å². The zero-order valence-corrected chi connectivity index (χ0v) is 20.0. The summed E-state index contributed by atoms with van der Waals surface area (Å²) in [6.07, 6.45) is 2.86. The highest BCUT2D eigenvalue weighted by Crippen LogP contribution is 2.29. The molecule has 0 fully saturated rings. The fraction of sp³-hybridized carbons (Fsp3) is 0.318. The van der Waals surface area contributed by atoms with E-state index >= 15 is 0 Å². The number of aromatic amines is 1. The summed E-state index contributed by atoms with van der Waals surface area (Å²) in [7, 11) is 3.09. The predicted molar refractivity (Wildman–Crippen MR) is 130 cm³/mol. The maximum absolute atomic E-state index is 12.6. The van der Waals surface area contributed by atoms with Gasteiger partial charge in [-0.2, -0.15) is 8.78 Å². The molecule has 9 heteroatoms. The zero-order chi connectivity index (χ0) is 21.5. The van der Waals surface area contributed by atoms with Crippen LogP contribution in [0.25, 0.3) is 10.9 Å². The number of methoxy groups -OCH3 is 1. The second kappa shape index (κ2) is 11.7. The molecule has 0 spiro atoms. The maximum Gasteiger partial charge on any atom is 0.387 e. The van der Waals surface area contributed by atoms with Gasteiger partial charge < -0.3 is 25.1 Å². The molecule has 6 nitrogen and oxygen atoms in total. The first-order chi connectivity index (χ1) is 14.5. The van der Waals surface area contributed by atoms with E-state index in [-0.39, 0.29) is 35.5 Å². The van der Waals surface area contributed by atoms with E-state index in [0.717, 1.165) is 17.5 Å². The second-order valence-electron chi connectivity index (χ2n) is 6.83. The molecule has 0 radical (unpaired) electrons. The van der Waals surface area contributed by atoms with Crippen LogP contribution in [0.15, 0.2) is 47.6 Å². The molecule has 0 amide bonds. The van der Waals surface area contributed by atoms with Crippen molar-refractivity contribution in [2.45, 2.75) is 26.5 Å². The van der Waals surface area contributed by atoms with Crippen LogP contribution in [0.4, 0.5) is 8.78 Å². The Morgan fingerprint density at radius 2 is 1.94 bits per heavy atom. The lowest BCUT2D eigenvalue weighted by molar-refractivity contribution is -0.0512. The first kappa shape index (κ1) is 24.7. The molecule has 3 aromatic rings. The number of guanidine groups is 1. The number of aliphatic imine (C=N–C) groups is 1. The van der Waals surface area contributed by atoms with Gasteiger partial charge in [0.1, 0.15) is 0 Å². The molecule has 31 heavy (non-hydrogen) atoms. The van der Waals surface area contributed by atoms with Crippen molar-refractivity contribution in [3.63, 3.8) is 0 Å². The van der Waals surface area contributed by atoms with Gasteiger partial charge >= 0.3 is 6.61 Å². The molecule has 0 bridgehead atoms. The van der Waals surface area contributed by atoms with Crippen LogP contribution in [-0.2, 0) is 13.0 Å². The lowest BCUT2D eigenvalue weighted by Gasteiger charge is -2.14. The summed E-state index contributed by atoms with van der Waals surface area (Å²) >= 11 is 0. The fourth-order valence-corrected chi connectivity index (χ4v) is 3.25. The van der Waals surface area contributed by atoms with E-state index in [4.69, 9.17) is 4.74 Å². The van der Waals surface area contributed by atoms with E-state index in [2.05, 4.69) is 50.5 Å². The molecule has 3 rings (SSSR count). The monoisotopic (exact) mass is 544 g/mol. The number of nitrogens with one attached hydrogen (secondary N) is 3. The van der Waals surface area contributed by atoms with Crippen LogP contribution in [0.5, 0.6) is 11.5 Å². The van der Waals surface area contributed by atoms with Crippen molar-refractivity contribution in [3.8, 4) is 11.5 Å². The Bertz CT molecular complexity index is 1020. The number of nitrogens with zero attached hydrogens (tertiary/aromatic N) is 1. The summed E-state index contributed by atoms with van der Waals surface area (Å²) in [6, 6.07) is 11.3. The highest BCUT2D eigenvalue weighted by atomic mass is 127. The minimum atomic E-state index is -2.91. The maximum atomic E-state index is 12.6. The van der Waals surface area contributed by atoms with Crippen LogP contribution in [0.3, 0.4) is 0 Å². The van der Waals surface area contributed by atoms with Gasteiger partial charge in [0.05, 0.1) is 7.11 Å². The number of aromatic nitrogens is 1. The number of benzene rings is 2. The van der Waals surface area contributed by atoms with Gasteiger partial charge in [-0.15, -0.1) is 24.0 Å². The van der Waals surface area contributed by atoms with Crippen LogP contribution in [-0.4, -0.2) is 38.3 Å². The summed E-state index contributed by atoms with van der Waals surface area (Å²) in [5.41, 5.74) is 4.35. The quantitative estimate of drug-likeness (QED) is 0.220. The Morgan fingerprint density at radius 3 is 2.65 bits per heavy atom. The molecule has 0 saturated heterocycles. The van der Waals surface area contributed by atoms with Crippen molar-refractivity contribution in [1.82, 2.24) is 15.6 Å². The van der Waals surface area contributed by atoms with Crippen molar-refractivity contribution in [3.05, 3.63) is 59.3 Å². The molecule has 0 aliphatic heterocycles. The van der Waals surface area contributed by atoms with Crippen LogP contribution in [0.2, 0.25) is 0 Å². The average molecular weight is 544 g/mol. The van der Waals surface area contributed by atoms with E-state index in [0.29, 0.717) is 19.0 Å². The lowest BCUT2D eigenvalue weighted by atomic mass is 10.1. The Balaban J connectivity index is 0.00000341. The summed E-state index contributed by atoms with van der Waals surface area (Å²) in [5, 5.41) is 7.67. The summed E-state index contributed by atoms with van der Waals surface area (Å²) < 4.78 is 34.8. The minimum absolute atomic E-state index is 0. The molecule has 1 heterocycles. The van der Waals surface area contributed by atoms with Crippen molar-refractivity contribution < 1.29 is 18.3 Å². The standard InChI is InChI=1S/C22H26F2N4O2.HI/c1-14-4-6-17-16(13-27-18(17)10-14)8-9-26-22(25-2)28-12-15-5-7-19(29-3)20(11-15)30-21(23)24;/h4-7,10-11,13,21,27H,8-9,12H2,1-3H3,(H2,25,26,28);1H. The van der Waals surface area contributed by atoms with Gasteiger partial charge in [0.2, 0.25) is 0 Å². The summed E-state index contributed by atoms with van der Waals surface area (Å²) in [6.45, 7) is 0.256.